The maximum absolute atomic E-state index is 14.4. The van der Waals surface area contributed by atoms with Crippen LogP contribution in [0.3, 0.4) is 0 Å². The van der Waals surface area contributed by atoms with Gasteiger partial charge in [-0.2, -0.15) is 4.98 Å². The molecule has 0 bridgehead atoms. The zero-order chi connectivity index (χ0) is 24.2. The summed E-state index contributed by atoms with van der Waals surface area (Å²) < 4.78 is 24.9. The Bertz CT molecular complexity index is 1020. The van der Waals surface area contributed by atoms with Crippen LogP contribution in [-0.2, 0) is 4.79 Å². The molecule has 4 rings (SSSR count). The predicted octanol–water partition coefficient (Wildman–Crippen LogP) is 4.04. The molecule has 1 aliphatic heterocycles. The first-order valence-electron chi connectivity index (χ1n) is 12.1. The fraction of sp³-hybridized carbons (Fsp3) is 0.600. The van der Waals surface area contributed by atoms with E-state index in [9.17, 15) is 14.0 Å². The van der Waals surface area contributed by atoms with E-state index in [4.69, 9.17) is 9.26 Å². The average molecular weight is 473 g/mol. The number of fused-ring (bicyclic) bond motifs is 1. The molecule has 0 unspecified atom stereocenters. The van der Waals surface area contributed by atoms with Gasteiger partial charge in [-0.1, -0.05) is 31.8 Å². The summed E-state index contributed by atoms with van der Waals surface area (Å²) in [6.45, 7) is 5.13. The number of halogens is 1. The van der Waals surface area contributed by atoms with E-state index in [1.165, 1.54) is 19.2 Å². The van der Waals surface area contributed by atoms with Gasteiger partial charge in [0.05, 0.1) is 13.0 Å². The molecule has 184 valence electrons. The molecule has 2 amide bonds. The van der Waals surface area contributed by atoms with Crippen molar-refractivity contribution in [1.82, 2.24) is 20.4 Å². The third-order valence-corrected chi connectivity index (χ3v) is 6.87. The van der Waals surface area contributed by atoms with Crippen molar-refractivity contribution < 1.29 is 23.2 Å². The van der Waals surface area contributed by atoms with Crippen molar-refractivity contribution in [2.75, 3.05) is 20.2 Å². The highest BCUT2D eigenvalue weighted by Gasteiger charge is 2.45. The van der Waals surface area contributed by atoms with E-state index in [1.54, 1.807) is 11.0 Å². The molecular formula is C25H33FN4O4. The molecule has 3 atom stereocenters. The van der Waals surface area contributed by atoms with Crippen LogP contribution < -0.4 is 10.1 Å². The second kappa shape index (κ2) is 10.5. The van der Waals surface area contributed by atoms with Crippen LogP contribution in [0.4, 0.5) is 4.39 Å². The molecule has 9 heteroatoms. The van der Waals surface area contributed by atoms with E-state index < -0.39 is 11.7 Å². The monoisotopic (exact) mass is 472 g/mol. The van der Waals surface area contributed by atoms with Crippen LogP contribution >= 0.6 is 0 Å². The van der Waals surface area contributed by atoms with E-state index in [-0.39, 0.29) is 41.0 Å². The number of methoxy groups -OCH3 is 1. The number of carbonyl (C=O) groups is 2. The lowest BCUT2D eigenvalue weighted by Crippen LogP contribution is -2.47. The largest absolute Gasteiger partial charge is 0.494 e. The molecule has 2 fully saturated rings. The van der Waals surface area contributed by atoms with E-state index >= 15 is 0 Å². The topological polar surface area (TPSA) is 97.6 Å². The third kappa shape index (κ3) is 5.08. The molecule has 8 nitrogen and oxygen atoms in total. The number of hydrogen-bond acceptors (Lipinski definition) is 6. The first-order chi connectivity index (χ1) is 16.4. The lowest BCUT2D eigenvalue weighted by atomic mass is 9.99. The Balaban J connectivity index is 1.65. The maximum Gasteiger partial charge on any atom is 0.254 e. The van der Waals surface area contributed by atoms with Crippen molar-refractivity contribution in [3.05, 3.63) is 41.3 Å². The van der Waals surface area contributed by atoms with Crippen LogP contribution in [0.5, 0.6) is 5.75 Å². The number of ether oxygens (including phenoxy) is 1. The number of carbonyl (C=O) groups excluding carboxylic acids is 2. The Morgan fingerprint density at radius 2 is 2.03 bits per heavy atom. The number of hydrogen-bond donors (Lipinski definition) is 1. The second-order valence-corrected chi connectivity index (χ2v) is 9.54. The van der Waals surface area contributed by atoms with Gasteiger partial charge in [0.2, 0.25) is 11.8 Å². The van der Waals surface area contributed by atoms with Gasteiger partial charge in [-0.25, -0.2) is 4.39 Å². The summed E-state index contributed by atoms with van der Waals surface area (Å²) in [7, 11) is 1.39. The molecule has 2 aliphatic rings. The summed E-state index contributed by atoms with van der Waals surface area (Å²) in [6, 6.07) is 3.91. The molecular weight excluding hydrogens is 439 g/mol. The molecule has 2 aromatic rings. The number of amides is 2. The van der Waals surface area contributed by atoms with Crippen molar-refractivity contribution >= 4 is 11.8 Å². The highest BCUT2D eigenvalue weighted by atomic mass is 19.1. The van der Waals surface area contributed by atoms with E-state index in [2.05, 4.69) is 15.5 Å². The summed E-state index contributed by atoms with van der Waals surface area (Å²) >= 11 is 0. The fourth-order valence-corrected chi connectivity index (χ4v) is 4.98. The molecule has 1 saturated carbocycles. The molecule has 1 aromatic heterocycles. The second-order valence-electron chi connectivity index (χ2n) is 9.54. The van der Waals surface area contributed by atoms with Crippen LogP contribution in [0.1, 0.15) is 86.3 Å². The zero-order valence-electron chi connectivity index (χ0n) is 20.1. The van der Waals surface area contributed by atoms with Crippen LogP contribution in [0, 0.1) is 11.7 Å². The fourth-order valence-electron chi connectivity index (χ4n) is 4.98. The first kappa shape index (κ1) is 24.2. The van der Waals surface area contributed by atoms with Crippen molar-refractivity contribution in [1.29, 1.82) is 0 Å². The van der Waals surface area contributed by atoms with E-state index in [0.717, 1.165) is 25.7 Å². The molecule has 2 heterocycles. The van der Waals surface area contributed by atoms with Gasteiger partial charge in [0.25, 0.3) is 5.91 Å². The lowest BCUT2D eigenvalue weighted by molar-refractivity contribution is -0.126. The van der Waals surface area contributed by atoms with Crippen molar-refractivity contribution in [2.45, 2.75) is 70.3 Å². The minimum atomic E-state index is -0.586. The number of rotatable bonds is 4. The normalized spacial score (nSPS) is 23.9. The van der Waals surface area contributed by atoms with Crippen LogP contribution in [0.2, 0.25) is 0 Å². The van der Waals surface area contributed by atoms with Gasteiger partial charge in [-0.05, 0) is 43.9 Å². The van der Waals surface area contributed by atoms with Gasteiger partial charge in [-0.3, -0.25) is 9.59 Å². The van der Waals surface area contributed by atoms with Crippen LogP contribution in [-0.4, -0.2) is 53.1 Å². The predicted molar refractivity (Wildman–Crippen MR) is 123 cm³/mol. The Kier molecular flexibility index (Phi) is 7.48. The summed E-state index contributed by atoms with van der Waals surface area (Å²) in [5.74, 6) is -0.0731. The van der Waals surface area contributed by atoms with Crippen LogP contribution in [0.25, 0.3) is 0 Å². The highest BCUT2D eigenvalue weighted by Crippen LogP contribution is 2.41. The third-order valence-electron chi connectivity index (χ3n) is 6.87. The van der Waals surface area contributed by atoms with Gasteiger partial charge < -0.3 is 19.5 Å². The molecule has 0 spiro atoms. The molecule has 1 saturated heterocycles. The number of nitrogens with one attached hydrogen (secondary N) is 1. The van der Waals surface area contributed by atoms with Crippen molar-refractivity contribution in [3.63, 3.8) is 0 Å². The van der Waals surface area contributed by atoms with E-state index in [1.807, 2.05) is 13.8 Å². The average Bonchev–Trinajstić information content (AvgIpc) is 3.47. The molecule has 0 radical (unpaired) electrons. The van der Waals surface area contributed by atoms with Crippen molar-refractivity contribution in [2.24, 2.45) is 5.92 Å². The zero-order valence-corrected chi connectivity index (χ0v) is 20.1. The first-order valence-corrected chi connectivity index (χ1v) is 12.1. The minimum absolute atomic E-state index is 0.0586. The smallest absolute Gasteiger partial charge is 0.254 e. The molecule has 1 aromatic carbocycles. The summed E-state index contributed by atoms with van der Waals surface area (Å²) in [6.07, 6.45) is 4.74. The maximum atomic E-state index is 14.4. The Morgan fingerprint density at radius 1 is 1.24 bits per heavy atom. The Labute approximate surface area is 199 Å². The molecule has 1 aliphatic carbocycles. The molecule has 1 N–H and O–H groups in total. The standard InChI is InChI=1S/C25H33FN4O4/c1-15(2)22-28-24(34-29-22)17-12-18-20(14-17)30(11-7-5-4-6-10-27-23(18)31)25(32)16-8-9-21(33-3)19(26)13-16/h8-9,13,15,17-18,20H,4-7,10-12,14H2,1-3H3,(H,27,31)/t17-,18-,20+/m1/s1. The summed E-state index contributed by atoms with van der Waals surface area (Å²) in [5, 5.41) is 7.13. The molecule has 34 heavy (non-hydrogen) atoms. The Hall–Kier alpha value is -2.97. The van der Waals surface area contributed by atoms with Gasteiger partial charge in [0.1, 0.15) is 0 Å². The number of aromatic nitrogens is 2. The van der Waals surface area contributed by atoms with Crippen LogP contribution in [0.15, 0.2) is 22.7 Å². The number of nitrogens with zero attached hydrogens (tertiary/aromatic N) is 3. The SMILES string of the molecule is COc1ccc(C(=O)N2CCCCCCNC(=O)[C@@H]3C[C@@H](c4nc(C(C)C)no4)C[C@@H]32)cc1F. The Morgan fingerprint density at radius 3 is 2.74 bits per heavy atom. The minimum Gasteiger partial charge on any atom is -0.494 e. The van der Waals surface area contributed by atoms with Crippen molar-refractivity contribution in [3.8, 4) is 5.75 Å². The quantitative estimate of drug-likeness (QED) is 0.721. The highest BCUT2D eigenvalue weighted by molar-refractivity contribution is 5.95. The summed E-state index contributed by atoms with van der Waals surface area (Å²) in [4.78, 5) is 33.1. The van der Waals surface area contributed by atoms with Gasteiger partial charge in [0.15, 0.2) is 17.4 Å². The van der Waals surface area contributed by atoms with E-state index in [0.29, 0.717) is 37.6 Å². The lowest BCUT2D eigenvalue weighted by Gasteiger charge is -2.32. The van der Waals surface area contributed by atoms with Gasteiger partial charge >= 0.3 is 0 Å². The van der Waals surface area contributed by atoms with Gasteiger partial charge in [-0.15, -0.1) is 0 Å². The summed E-state index contributed by atoms with van der Waals surface area (Å²) in [5.41, 5.74) is 0.246. The van der Waals surface area contributed by atoms with Gasteiger partial charge in [0, 0.05) is 36.5 Å². The number of benzene rings is 1.